The van der Waals surface area contributed by atoms with Crippen LogP contribution in [0.2, 0.25) is 5.02 Å². The number of pyridine rings is 1. The third-order valence-electron chi connectivity index (χ3n) is 8.33. The Kier molecular flexibility index (Phi) is 9.19. The number of amides is 1. The van der Waals surface area contributed by atoms with Gasteiger partial charge in [-0.1, -0.05) is 69.2 Å². The van der Waals surface area contributed by atoms with Gasteiger partial charge in [-0.25, -0.2) is 8.42 Å². The number of nitrogens with one attached hydrogen (secondary N) is 2. The van der Waals surface area contributed by atoms with Crippen LogP contribution in [0.4, 0.5) is 5.69 Å². The lowest BCUT2D eigenvalue weighted by Gasteiger charge is -2.35. The van der Waals surface area contributed by atoms with E-state index >= 15 is 0 Å². The summed E-state index contributed by atoms with van der Waals surface area (Å²) in [4.78, 5) is 18.3. The predicted octanol–water partition coefficient (Wildman–Crippen LogP) is 6.84. The second-order valence-electron chi connectivity index (χ2n) is 11.1. The minimum Gasteiger partial charge on any atom is -0.492 e. The van der Waals surface area contributed by atoms with Crippen molar-refractivity contribution in [3.05, 3.63) is 77.1 Å². The quantitative estimate of drug-likeness (QED) is 0.296. The zero-order chi connectivity index (χ0) is 28.9. The highest BCUT2D eigenvalue weighted by atomic mass is 35.5. The molecule has 1 amide bonds. The number of sulfone groups is 1. The van der Waals surface area contributed by atoms with Gasteiger partial charge in [0.15, 0.2) is 0 Å². The Morgan fingerprint density at radius 1 is 1.05 bits per heavy atom. The van der Waals surface area contributed by atoms with E-state index in [1.807, 2.05) is 19.2 Å². The zero-order valence-electron chi connectivity index (χ0n) is 23.5. The Morgan fingerprint density at radius 3 is 2.46 bits per heavy atom. The second-order valence-corrected chi connectivity index (χ2v) is 13.4. The third-order valence-corrected chi connectivity index (χ3v) is 10.4. The minimum absolute atomic E-state index is 0.0427. The number of ether oxygens (including phenoxy) is 1. The number of carbonyl (C=O) groups is 1. The number of rotatable bonds is 8. The summed E-state index contributed by atoms with van der Waals surface area (Å²) in [5, 5.41) is 6.96. The smallest absolute Gasteiger partial charge is 0.243 e. The summed E-state index contributed by atoms with van der Waals surface area (Å²) >= 11 is 6.13. The number of fused-ring (bicyclic) bond motifs is 2. The van der Waals surface area contributed by atoms with Gasteiger partial charge in [0.05, 0.1) is 11.5 Å². The maximum atomic E-state index is 13.7. The lowest BCUT2D eigenvalue weighted by Crippen LogP contribution is -2.49. The molecule has 2 aliphatic rings. The van der Waals surface area contributed by atoms with E-state index in [-0.39, 0.29) is 32.9 Å². The van der Waals surface area contributed by atoms with Crippen molar-refractivity contribution < 1.29 is 17.9 Å². The van der Waals surface area contributed by atoms with Crippen LogP contribution in [0.3, 0.4) is 0 Å². The molecule has 0 radical (unpaired) electrons. The fraction of sp³-hybridized carbons (Fsp3) is 0.438. The van der Waals surface area contributed by atoms with Crippen LogP contribution in [0.25, 0.3) is 0 Å². The van der Waals surface area contributed by atoms with Gasteiger partial charge in [0.1, 0.15) is 16.7 Å². The fourth-order valence-electron chi connectivity index (χ4n) is 6.18. The molecule has 2 aromatic carbocycles. The first-order chi connectivity index (χ1) is 19.8. The predicted molar refractivity (Wildman–Crippen MR) is 161 cm³/mol. The summed E-state index contributed by atoms with van der Waals surface area (Å²) in [6.45, 7) is 2.66. The molecular weight excluding hydrogens is 558 g/mol. The van der Waals surface area contributed by atoms with Gasteiger partial charge in [-0.2, -0.15) is 0 Å². The molecule has 1 aliphatic carbocycles. The molecule has 1 fully saturated rings. The van der Waals surface area contributed by atoms with Gasteiger partial charge in [0, 0.05) is 40.6 Å². The molecule has 5 rings (SSSR count). The Bertz CT molecular complexity index is 1470. The van der Waals surface area contributed by atoms with E-state index in [0.29, 0.717) is 18.2 Å². The molecule has 3 aromatic rings. The fourth-order valence-corrected chi connectivity index (χ4v) is 7.84. The molecule has 1 saturated carbocycles. The lowest BCUT2D eigenvalue weighted by atomic mass is 9.70. The highest BCUT2D eigenvalue weighted by molar-refractivity contribution is 7.91. The number of carbonyl (C=O) groups excluding carboxylic acids is 1. The van der Waals surface area contributed by atoms with Crippen molar-refractivity contribution in [2.75, 3.05) is 11.9 Å². The van der Waals surface area contributed by atoms with Crippen molar-refractivity contribution in [2.45, 2.75) is 92.5 Å². The highest BCUT2D eigenvalue weighted by Gasteiger charge is 2.49. The van der Waals surface area contributed by atoms with E-state index in [9.17, 15) is 13.2 Å². The topological polar surface area (TPSA) is 97.4 Å². The summed E-state index contributed by atoms with van der Waals surface area (Å²) in [5.74, 6) is 0.237. The van der Waals surface area contributed by atoms with Crippen LogP contribution in [-0.4, -0.2) is 32.0 Å². The third kappa shape index (κ3) is 6.24. The first-order valence-corrected chi connectivity index (χ1v) is 16.5. The molecule has 1 unspecified atom stereocenters. The van der Waals surface area contributed by atoms with E-state index in [4.69, 9.17) is 16.3 Å². The highest BCUT2D eigenvalue weighted by Crippen LogP contribution is 2.48. The number of hydrogen-bond donors (Lipinski definition) is 2. The van der Waals surface area contributed by atoms with Gasteiger partial charge in [0.25, 0.3) is 0 Å². The minimum atomic E-state index is -3.86. The Morgan fingerprint density at radius 2 is 1.76 bits per heavy atom. The van der Waals surface area contributed by atoms with Crippen LogP contribution in [0.5, 0.6) is 5.75 Å². The molecular formula is C32H38ClN3O4S. The molecule has 1 aromatic heterocycles. The maximum Gasteiger partial charge on any atom is 0.243 e. The van der Waals surface area contributed by atoms with E-state index in [1.54, 1.807) is 42.6 Å². The summed E-state index contributed by atoms with van der Waals surface area (Å²) in [6, 6.07) is 12.8. The Balaban J connectivity index is 1.31. The van der Waals surface area contributed by atoms with Gasteiger partial charge in [0.2, 0.25) is 15.7 Å². The van der Waals surface area contributed by atoms with Crippen LogP contribution in [0.15, 0.2) is 70.7 Å². The maximum absolute atomic E-state index is 13.7. The Hall–Kier alpha value is -3.10. The summed E-state index contributed by atoms with van der Waals surface area (Å²) in [6.07, 6.45) is 13.4. The standard InChI is InChI=1S/C32H38ClN3O4S/c1-2-19-40-28-14-11-24(33)20-29(28)41(38,39)25-12-9-23(10-13-25)21-35-31(37)30-32(16-7-5-3-4-6-8-17-32)26-22-34-18-15-27(26)36-30/h9-15,18,20,22,30,36H,2-8,16-17,19,21H2,1H3,(H,35,37). The molecule has 1 atom stereocenters. The summed E-state index contributed by atoms with van der Waals surface area (Å²) < 4.78 is 32.6. The van der Waals surface area contributed by atoms with Crippen LogP contribution >= 0.6 is 11.6 Å². The van der Waals surface area contributed by atoms with E-state index < -0.39 is 9.84 Å². The van der Waals surface area contributed by atoms with Crippen LogP contribution in [-0.2, 0) is 26.6 Å². The first kappa shape index (κ1) is 29.4. The van der Waals surface area contributed by atoms with Crippen LogP contribution < -0.4 is 15.4 Å². The normalized spacial score (nSPS) is 18.4. The number of halogens is 1. The van der Waals surface area contributed by atoms with Gasteiger partial charge >= 0.3 is 0 Å². The van der Waals surface area contributed by atoms with Crippen molar-refractivity contribution >= 4 is 33.0 Å². The average molecular weight is 596 g/mol. The summed E-state index contributed by atoms with van der Waals surface area (Å²) in [7, 11) is -3.86. The number of nitrogens with zero attached hydrogens (tertiary/aromatic N) is 1. The van der Waals surface area contributed by atoms with Gasteiger partial charge in [-0.05, 0) is 61.2 Å². The molecule has 1 spiro atoms. The molecule has 0 bridgehead atoms. The largest absolute Gasteiger partial charge is 0.492 e. The Labute approximate surface area is 248 Å². The lowest BCUT2D eigenvalue weighted by molar-refractivity contribution is -0.123. The second kappa shape index (κ2) is 12.8. The molecule has 2 heterocycles. The molecule has 41 heavy (non-hydrogen) atoms. The van der Waals surface area contributed by atoms with E-state index in [0.717, 1.165) is 48.9 Å². The molecule has 9 heteroatoms. The van der Waals surface area contributed by atoms with Gasteiger partial charge in [-0.3, -0.25) is 9.78 Å². The number of benzene rings is 2. The van der Waals surface area contributed by atoms with Crippen molar-refractivity contribution in [3.8, 4) is 5.75 Å². The van der Waals surface area contributed by atoms with E-state index in [1.165, 1.54) is 31.7 Å². The summed E-state index contributed by atoms with van der Waals surface area (Å²) in [5.41, 5.74) is 2.69. The molecule has 1 aliphatic heterocycles. The SMILES string of the molecule is CCCOc1ccc(Cl)cc1S(=O)(=O)c1ccc(CNC(=O)C2Nc3ccncc3C23CCCCCCCC3)cc1. The number of anilines is 1. The van der Waals surface area contributed by atoms with Crippen molar-refractivity contribution in [1.29, 1.82) is 0 Å². The molecule has 7 nitrogen and oxygen atoms in total. The van der Waals surface area contributed by atoms with E-state index in [2.05, 4.69) is 15.6 Å². The first-order valence-electron chi connectivity index (χ1n) is 14.6. The zero-order valence-corrected chi connectivity index (χ0v) is 25.1. The number of aromatic nitrogens is 1. The van der Waals surface area contributed by atoms with Gasteiger partial charge < -0.3 is 15.4 Å². The molecule has 0 saturated heterocycles. The average Bonchev–Trinajstić information content (AvgIpc) is 3.36. The van der Waals surface area contributed by atoms with Crippen molar-refractivity contribution in [1.82, 2.24) is 10.3 Å². The monoisotopic (exact) mass is 595 g/mol. The van der Waals surface area contributed by atoms with Crippen LogP contribution in [0, 0.1) is 0 Å². The molecule has 2 N–H and O–H groups in total. The molecule has 218 valence electrons. The van der Waals surface area contributed by atoms with Crippen LogP contribution in [0.1, 0.15) is 75.8 Å². The van der Waals surface area contributed by atoms with Crippen molar-refractivity contribution in [2.24, 2.45) is 0 Å². The number of hydrogen-bond acceptors (Lipinski definition) is 6. The van der Waals surface area contributed by atoms with Crippen molar-refractivity contribution in [3.63, 3.8) is 0 Å². The van der Waals surface area contributed by atoms with Gasteiger partial charge in [-0.15, -0.1) is 0 Å².